The second-order valence-electron chi connectivity index (χ2n) is 4.65. The molecule has 0 spiro atoms. The summed E-state index contributed by atoms with van der Waals surface area (Å²) in [6.07, 6.45) is 5.07. The van der Waals surface area contributed by atoms with Crippen LogP contribution in [-0.2, 0) is 16.0 Å². The number of ether oxygens (including phenoxy) is 2. The van der Waals surface area contributed by atoms with Crippen LogP contribution in [-0.4, -0.2) is 42.0 Å². The van der Waals surface area contributed by atoms with Gasteiger partial charge in [0.05, 0.1) is 30.5 Å². The second kappa shape index (κ2) is 7.03. The van der Waals surface area contributed by atoms with E-state index in [-0.39, 0.29) is 11.9 Å². The number of rotatable bonds is 7. The lowest BCUT2D eigenvalue weighted by Crippen LogP contribution is -2.15. The molecule has 0 saturated carbocycles. The molecule has 0 amide bonds. The summed E-state index contributed by atoms with van der Waals surface area (Å²) < 4.78 is 12.1. The Bertz CT molecular complexity index is 428. The van der Waals surface area contributed by atoms with Crippen molar-refractivity contribution in [2.24, 2.45) is 0 Å². The first-order valence-electron chi connectivity index (χ1n) is 6.57. The summed E-state index contributed by atoms with van der Waals surface area (Å²) in [6, 6.07) is 0. The molecule has 0 radical (unpaired) electrons. The highest BCUT2D eigenvalue weighted by Gasteiger charge is 2.21. The van der Waals surface area contributed by atoms with E-state index in [1.165, 1.54) is 6.20 Å². The van der Waals surface area contributed by atoms with E-state index >= 15 is 0 Å². The summed E-state index contributed by atoms with van der Waals surface area (Å²) in [4.78, 5) is 12.2. The molecule has 1 fully saturated rings. The van der Waals surface area contributed by atoms with Crippen LogP contribution in [0.3, 0.4) is 0 Å². The topological polar surface area (TPSA) is 53.4 Å². The van der Waals surface area contributed by atoms with Gasteiger partial charge < -0.3 is 9.47 Å². The molecule has 0 aromatic carbocycles. The lowest BCUT2D eigenvalue weighted by molar-refractivity contribution is 0.0850. The molecular formula is C13H19ClN2O3. The molecule has 0 N–H and O–H groups in total. The van der Waals surface area contributed by atoms with Crippen molar-refractivity contribution in [1.29, 1.82) is 0 Å². The van der Waals surface area contributed by atoms with Crippen molar-refractivity contribution in [2.45, 2.75) is 38.3 Å². The summed E-state index contributed by atoms with van der Waals surface area (Å²) in [6.45, 7) is 1.85. The number of hydrogen-bond acceptors (Lipinski definition) is 4. The highest BCUT2D eigenvalue weighted by atomic mass is 35.5. The van der Waals surface area contributed by atoms with E-state index in [0.29, 0.717) is 30.3 Å². The first-order chi connectivity index (χ1) is 9.22. The Morgan fingerprint density at radius 3 is 3.21 bits per heavy atom. The van der Waals surface area contributed by atoms with E-state index in [4.69, 9.17) is 21.1 Å². The number of ketones is 1. The van der Waals surface area contributed by atoms with Crippen LogP contribution in [0, 0.1) is 0 Å². The zero-order valence-corrected chi connectivity index (χ0v) is 11.9. The van der Waals surface area contributed by atoms with E-state index in [1.54, 1.807) is 11.8 Å². The maximum Gasteiger partial charge on any atom is 0.182 e. The van der Waals surface area contributed by atoms with Gasteiger partial charge in [0.25, 0.3) is 0 Å². The first kappa shape index (κ1) is 14.5. The van der Waals surface area contributed by atoms with Gasteiger partial charge in [0.1, 0.15) is 5.69 Å². The van der Waals surface area contributed by atoms with Gasteiger partial charge in [0.15, 0.2) is 5.78 Å². The molecule has 2 rings (SSSR count). The minimum Gasteiger partial charge on any atom is -0.383 e. The molecule has 1 aliphatic heterocycles. The SMILES string of the molecule is COCCn1ncc(Cl)c1C(=O)CCC1CCCO1. The molecule has 106 valence electrons. The van der Waals surface area contributed by atoms with Crippen molar-refractivity contribution < 1.29 is 14.3 Å². The summed E-state index contributed by atoms with van der Waals surface area (Å²) in [5.41, 5.74) is 0.483. The van der Waals surface area contributed by atoms with Gasteiger partial charge in [-0.3, -0.25) is 9.48 Å². The zero-order valence-electron chi connectivity index (χ0n) is 11.1. The predicted molar refractivity (Wildman–Crippen MR) is 71.7 cm³/mol. The number of carbonyl (C=O) groups is 1. The van der Waals surface area contributed by atoms with Crippen LogP contribution >= 0.6 is 11.6 Å². The van der Waals surface area contributed by atoms with Crippen molar-refractivity contribution >= 4 is 17.4 Å². The minimum atomic E-state index is 0.0223. The van der Waals surface area contributed by atoms with E-state index in [0.717, 1.165) is 25.9 Å². The minimum absolute atomic E-state index is 0.0223. The molecule has 1 saturated heterocycles. The van der Waals surface area contributed by atoms with E-state index < -0.39 is 0 Å². The summed E-state index contributed by atoms with van der Waals surface area (Å²) in [5.74, 6) is 0.0223. The number of halogens is 1. The number of carbonyl (C=O) groups excluding carboxylic acids is 1. The first-order valence-corrected chi connectivity index (χ1v) is 6.95. The van der Waals surface area contributed by atoms with Gasteiger partial charge in [-0.1, -0.05) is 11.6 Å². The van der Waals surface area contributed by atoms with Gasteiger partial charge in [-0.15, -0.1) is 0 Å². The van der Waals surface area contributed by atoms with E-state index in [9.17, 15) is 4.79 Å². The van der Waals surface area contributed by atoms with Crippen molar-refractivity contribution in [2.75, 3.05) is 20.3 Å². The maximum absolute atomic E-state index is 12.2. The third-order valence-electron chi connectivity index (χ3n) is 3.28. The highest BCUT2D eigenvalue weighted by molar-refractivity contribution is 6.33. The van der Waals surface area contributed by atoms with Crippen LogP contribution in [0.2, 0.25) is 5.02 Å². The summed E-state index contributed by atoms with van der Waals surface area (Å²) in [7, 11) is 1.62. The van der Waals surface area contributed by atoms with Gasteiger partial charge in [0, 0.05) is 20.1 Å². The largest absolute Gasteiger partial charge is 0.383 e. The molecule has 1 aromatic rings. The monoisotopic (exact) mass is 286 g/mol. The average molecular weight is 287 g/mol. The van der Waals surface area contributed by atoms with Crippen LogP contribution in [0.4, 0.5) is 0 Å². The Kier molecular flexibility index (Phi) is 5.36. The number of methoxy groups -OCH3 is 1. The molecule has 1 aliphatic rings. The molecule has 0 bridgehead atoms. The third kappa shape index (κ3) is 3.78. The second-order valence-corrected chi connectivity index (χ2v) is 5.06. The highest BCUT2D eigenvalue weighted by Crippen LogP contribution is 2.21. The quantitative estimate of drug-likeness (QED) is 0.722. The van der Waals surface area contributed by atoms with Gasteiger partial charge in [-0.25, -0.2) is 0 Å². The van der Waals surface area contributed by atoms with Crippen molar-refractivity contribution in [1.82, 2.24) is 9.78 Å². The molecule has 6 heteroatoms. The lowest BCUT2D eigenvalue weighted by Gasteiger charge is -2.10. The van der Waals surface area contributed by atoms with Gasteiger partial charge in [0.2, 0.25) is 0 Å². The Labute approximate surface area is 117 Å². The van der Waals surface area contributed by atoms with Crippen LogP contribution in [0.15, 0.2) is 6.20 Å². The molecule has 2 heterocycles. The van der Waals surface area contributed by atoms with Crippen molar-refractivity contribution in [3.05, 3.63) is 16.9 Å². The standard InChI is InChI=1S/C13H19ClN2O3/c1-18-8-6-16-13(11(14)9-15-16)12(17)5-4-10-3-2-7-19-10/h9-10H,2-8H2,1H3. The number of nitrogens with zero attached hydrogens (tertiary/aromatic N) is 2. The Morgan fingerprint density at radius 1 is 1.68 bits per heavy atom. The Hall–Kier alpha value is -0.910. The van der Waals surface area contributed by atoms with Crippen LogP contribution < -0.4 is 0 Å². The van der Waals surface area contributed by atoms with E-state index in [2.05, 4.69) is 5.10 Å². The zero-order chi connectivity index (χ0) is 13.7. The molecule has 1 aromatic heterocycles. The fraction of sp³-hybridized carbons (Fsp3) is 0.692. The van der Waals surface area contributed by atoms with Gasteiger partial charge >= 0.3 is 0 Å². The predicted octanol–water partition coefficient (Wildman–Crippen LogP) is 2.32. The normalized spacial score (nSPS) is 18.9. The lowest BCUT2D eigenvalue weighted by atomic mass is 10.1. The van der Waals surface area contributed by atoms with E-state index in [1.807, 2.05) is 0 Å². The third-order valence-corrected chi connectivity index (χ3v) is 3.56. The average Bonchev–Trinajstić information content (AvgIpc) is 3.03. The fourth-order valence-electron chi connectivity index (χ4n) is 2.27. The van der Waals surface area contributed by atoms with Crippen molar-refractivity contribution in [3.63, 3.8) is 0 Å². The molecule has 1 atom stereocenters. The van der Waals surface area contributed by atoms with Crippen LogP contribution in [0.1, 0.15) is 36.2 Å². The maximum atomic E-state index is 12.2. The summed E-state index contributed by atoms with van der Waals surface area (Å²) >= 11 is 6.04. The van der Waals surface area contributed by atoms with Gasteiger partial charge in [-0.05, 0) is 19.3 Å². The van der Waals surface area contributed by atoms with Crippen molar-refractivity contribution in [3.8, 4) is 0 Å². The van der Waals surface area contributed by atoms with Crippen LogP contribution in [0.25, 0.3) is 0 Å². The number of aromatic nitrogens is 2. The smallest absolute Gasteiger partial charge is 0.182 e. The molecule has 19 heavy (non-hydrogen) atoms. The molecule has 5 nitrogen and oxygen atoms in total. The molecular weight excluding hydrogens is 268 g/mol. The Balaban J connectivity index is 1.94. The Morgan fingerprint density at radius 2 is 2.53 bits per heavy atom. The fourth-order valence-corrected chi connectivity index (χ4v) is 2.52. The summed E-state index contributed by atoms with van der Waals surface area (Å²) in [5, 5.41) is 4.52. The molecule has 1 unspecified atom stereocenters. The number of Topliss-reactive ketones (excluding diaryl/α,β-unsaturated/α-hetero) is 1. The number of hydrogen-bond donors (Lipinski definition) is 0. The van der Waals surface area contributed by atoms with Gasteiger partial charge in [-0.2, -0.15) is 5.10 Å². The molecule has 0 aliphatic carbocycles. The van der Waals surface area contributed by atoms with Crippen LogP contribution in [0.5, 0.6) is 0 Å².